The number of aldehydes is 1. The predicted octanol–water partition coefficient (Wildman–Crippen LogP) is 4.71. The highest BCUT2D eigenvalue weighted by atomic mass is 79.9. The third kappa shape index (κ3) is 4.03. The number of allylic oxidation sites excluding steroid dienone is 3. The van der Waals surface area contributed by atoms with Crippen molar-refractivity contribution in [2.45, 2.75) is 19.3 Å². The average Bonchev–Trinajstić information content (AvgIpc) is 2.69. The highest BCUT2D eigenvalue weighted by Gasteiger charge is 2.36. The Kier molecular flexibility index (Phi) is 5.91. The van der Waals surface area contributed by atoms with E-state index in [9.17, 15) is 9.59 Å². The van der Waals surface area contributed by atoms with Gasteiger partial charge < -0.3 is 9.47 Å². The van der Waals surface area contributed by atoms with E-state index in [0.717, 1.165) is 21.9 Å². The maximum absolute atomic E-state index is 12.4. The number of carbonyl (C=O) groups excluding carboxylic acids is 2. The van der Waals surface area contributed by atoms with Gasteiger partial charge in [-0.15, -0.1) is 0 Å². The molecule has 0 aromatic heterocycles. The van der Waals surface area contributed by atoms with Crippen LogP contribution in [0.5, 0.6) is 0 Å². The fourth-order valence-corrected chi connectivity index (χ4v) is 3.51. The van der Waals surface area contributed by atoms with E-state index in [1.165, 1.54) is 7.11 Å². The molecule has 2 aromatic rings. The normalized spacial score (nSPS) is 16.8. The van der Waals surface area contributed by atoms with E-state index in [2.05, 4.69) is 15.9 Å². The van der Waals surface area contributed by atoms with Gasteiger partial charge in [-0.2, -0.15) is 0 Å². The van der Waals surface area contributed by atoms with E-state index in [1.807, 2.05) is 54.6 Å². The number of esters is 1. The molecule has 0 aliphatic carbocycles. The molecule has 138 valence electrons. The van der Waals surface area contributed by atoms with Crippen LogP contribution in [0.4, 0.5) is 0 Å². The Bertz CT molecular complexity index is 911. The minimum atomic E-state index is -0.518. The highest BCUT2D eigenvalue weighted by molar-refractivity contribution is 9.10. The molecule has 0 saturated carbocycles. The van der Waals surface area contributed by atoms with Crippen LogP contribution in [0.15, 0.2) is 81.7 Å². The standard InChI is InChI=1S/C22H19BrO4/c1-14-20(22(25)26-2)21(16-6-4-3-5-7-16)18(13-24)19(27-14)12-15-8-10-17(23)11-9-15/h3-11,13,21H,12H2,1-2H3. The Balaban J connectivity index is 2.10. The van der Waals surface area contributed by atoms with Crippen LogP contribution in [0.1, 0.15) is 24.0 Å². The van der Waals surface area contributed by atoms with Gasteiger partial charge in [0, 0.05) is 16.5 Å². The van der Waals surface area contributed by atoms with Crippen molar-refractivity contribution in [1.29, 1.82) is 0 Å². The van der Waals surface area contributed by atoms with Crippen molar-refractivity contribution in [3.63, 3.8) is 0 Å². The van der Waals surface area contributed by atoms with Crippen molar-refractivity contribution >= 4 is 28.2 Å². The molecule has 0 saturated heterocycles. The molecule has 1 aliphatic rings. The molecule has 5 heteroatoms. The second kappa shape index (κ2) is 8.35. The third-order valence-electron chi connectivity index (χ3n) is 4.52. The number of rotatable bonds is 5. The van der Waals surface area contributed by atoms with Gasteiger partial charge in [0.25, 0.3) is 0 Å². The summed E-state index contributed by atoms with van der Waals surface area (Å²) in [4.78, 5) is 24.5. The van der Waals surface area contributed by atoms with E-state index >= 15 is 0 Å². The van der Waals surface area contributed by atoms with Crippen molar-refractivity contribution in [3.8, 4) is 0 Å². The second-order valence-corrected chi connectivity index (χ2v) is 7.12. The van der Waals surface area contributed by atoms with Gasteiger partial charge in [-0.1, -0.05) is 58.4 Å². The topological polar surface area (TPSA) is 52.6 Å². The monoisotopic (exact) mass is 426 g/mol. The van der Waals surface area contributed by atoms with E-state index < -0.39 is 11.9 Å². The number of halogens is 1. The summed E-state index contributed by atoms with van der Waals surface area (Å²) in [6.45, 7) is 1.73. The molecule has 4 nitrogen and oxygen atoms in total. The van der Waals surface area contributed by atoms with Crippen molar-refractivity contribution in [3.05, 3.63) is 92.9 Å². The number of hydrogen-bond donors (Lipinski definition) is 0. The van der Waals surface area contributed by atoms with Crippen LogP contribution in [0, 0.1) is 0 Å². The maximum atomic E-state index is 12.4. The Morgan fingerprint density at radius 2 is 1.81 bits per heavy atom. The molecule has 0 N–H and O–H groups in total. The first-order chi connectivity index (χ1) is 13.0. The van der Waals surface area contributed by atoms with Crippen LogP contribution in [0.25, 0.3) is 0 Å². The molecule has 2 aromatic carbocycles. The quantitative estimate of drug-likeness (QED) is 0.513. The lowest BCUT2D eigenvalue weighted by molar-refractivity contribution is -0.136. The van der Waals surface area contributed by atoms with E-state index in [4.69, 9.17) is 9.47 Å². The lowest BCUT2D eigenvalue weighted by Gasteiger charge is -2.29. The van der Waals surface area contributed by atoms with Crippen molar-refractivity contribution in [1.82, 2.24) is 0 Å². The maximum Gasteiger partial charge on any atom is 0.338 e. The summed E-state index contributed by atoms with van der Waals surface area (Å²) in [5, 5.41) is 0. The molecule has 0 bridgehead atoms. The molecule has 1 unspecified atom stereocenters. The van der Waals surface area contributed by atoms with Gasteiger partial charge in [0.2, 0.25) is 0 Å². The molecule has 0 radical (unpaired) electrons. The van der Waals surface area contributed by atoms with Crippen LogP contribution in [0.3, 0.4) is 0 Å². The van der Waals surface area contributed by atoms with Gasteiger partial charge >= 0.3 is 5.97 Å². The second-order valence-electron chi connectivity index (χ2n) is 6.21. The van der Waals surface area contributed by atoms with E-state index in [0.29, 0.717) is 29.1 Å². The molecule has 3 rings (SSSR count). The van der Waals surface area contributed by atoms with Crippen LogP contribution in [0.2, 0.25) is 0 Å². The zero-order valence-corrected chi connectivity index (χ0v) is 16.7. The summed E-state index contributed by atoms with van der Waals surface area (Å²) in [5.41, 5.74) is 2.64. The molecule has 0 spiro atoms. The van der Waals surface area contributed by atoms with Gasteiger partial charge in [-0.05, 0) is 30.2 Å². The smallest absolute Gasteiger partial charge is 0.338 e. The lowest BCUT2D eigenvalue weighted by atomic mass is 9.81. The Morgan fingerprint density at radius 1 is 1.15 bits per heavy atom. The fourth-order valence-electron chi connectivity index (χ4n) is 3.24. The molecular weight excluding hydrogens is 408 g/mol. The van der Waals surface area contributed by atoms with Crippen LogP contribution >= 0.6 is 15.9 Å². The molecule has 1 heterocycles. The van der Waals surface area contributed by atoms with Gasteiger partial charge in [0.15, 0.2) is 0 Å². The number of carbonyl (C=O) groups is 2. The number of ether oxygens (including phenoxy) is 2. The van der Waals surface area contributed by atoms with Crippen molar-refractivity contribution in [2.24, 2.45) is 0 Å². The van der Waals surface area contributed by atoms with Gasteiger partial charge in [0.1, 0.15) is 17.8 Å². The van der Waals surface area contributed by atoms with E-state index in [1.54, 1.807) is 6.92 Å². The summed E-state index contributed by atoms with van der Waals surface area (Å²) in [7, 11) is 1.33. The fraction of sp³-hybridized carbons (Fsp3) is 0.182. The first-order valence-corrected chi connectivity index (χ1v) is 9.29. The summed E-state index contributed by atoms with van der Waals surface area (Å²) < 4.78 is 11.9. The lowest BCUT2D eigenvalue weighted by Crippen LogP contribution is -2.24. The summed E-state index contributed by atoms with van der Waals surface area (Å²) in [6.07, 6.45) is 1.23. The number of hydrogen-bond acceptors (Lipinski definition) is 4. The molecule has 1 aliphatic heterocycles. The Morgan fingerprint density at radius 3 is 2.41 bits per heavy atom. The Labute approximate surface area is 166 Å². The first kappa shape index (κ1) is 19.1. The predicted molar refractivity (Wildman–Crippen MR) is 106 cm³/mol. The number of benzene rings is 2. The highest BCUT2D eigenvalue weighted by Crippen LogP contribution is 2.40. The van der Waals surface area contributed by atoms with Crippen LogP contribution in [-0.2, 0) is 25.5 Å². The average molecular weight is 427 g/mol. The van der Waals surface area contributed by atoms with Crippen LogP contribution in [-0.4, -0.2) is 19.4 Å². The molecule has 0 fully saturated rings. The van der Waals surface area contributed by atoms with Gasteiger partial charge in [0.05, 0.1) is 18.6 Å². The molecule has 27 heavy (non-hydrogen) atoms. The van der Waals surface area contributed by atoms with Crippen LogP contribution < -0.4 is 0 Å². The summed E-state index contributed by atoms with van der Waals surface area (Å²) in [6, 6.07) is 17.3. The summed E-state index contributed by atoms with van der Waals surface area (Å²) >= 11 is 3.42. The molecule has 1 atom stereocenters. The minimum Gasteiger partial charge on any atom is -0.466 e. The Hall–Kier alpha value is -2.66. The largest absolute Gasteiger partial charge is 0.466 e. The van der Waals surface area contributed by atoms with Gasteiger partial charge in [-0.3, -0.25) is 4.79 Å². The first-order valence-electron chi connectivity index (χ1n) is 8.49. The van der Waals surface area contributed by atoms with Crippen molar-refractivity contribution in [2.75, 3.05) is 7.11 Å². The molecule has 0 amide bonds. The summed E-state index contributed by atoms with van der Waals surface area (Å²) in [5.74, 6) is -0.0153. The zero-order valence-electron chi connectivity index (χ0n) is 15.1. The van der Waals surface area contributed by atoms with Crippen molar-refractivity contribution < 1.29 is 19.1 Å². The minimum absolute atomic E-state index is 0.352. The molecular formula is C22H19BrO4. The van der Waals surface area contributed by atoms with Gasteiger partial charge in [-0.25, -0.2) is 4.79 Å². The third-order valence-corrected chi connectivity index (χ3v) is 5.05. The van der Waals surface area contributed by atoms with E-state index in [-0.39, 0.29) is 0 Å². The number of methoxy groups -OCH3 is 1. The SMILES string of the molecule is COC(=O)C1=C(C)OC(Cc2ccc(Br)cc2)=C(C=O)C1c1ccccc1. The zero-order chi connectivity index (χ0) is 19.4.